The Balaban J connectivity index is 0.00000338. The Morgan fingerprint density at radius 3 is 1.50 bits per heavy atom. The Morgan fingerprint density at radius 2 is 1.15 bits per heavy atom. The molecule has 0 unspecified atom stereocenters. The molecule has 0 atom stereocenters. The normalized spacial score (nSPS) is 12.4. The van der Waals surface area contributed by atoms with E-state index >= 15 is 0 Å². The van der Waals surface area contributed by atoms with Gasteiger partial charge in [0, 0.05) is 51.4 Å². The van der Waals surface area contributed by atoms with E-state index in [-0.39, 0.29) is 51.4 Å². The molecule has 0 amide bonds. The number of alkyl halides is 6. The first-order chi connectivity index (χ1) is 11.5. The molecule has 0 fully saturated rings. The quantitative estimate of drug-likeness (QED) is 0.428. The molecule has 0 aliphatic carbocycles. The minimum absolute atomic E-state index is 0. The predicted octanol–water partition coefficient (Wildman–Crippen LogP) is 5.15. The van der Waals surface area contributed by atoms with Crippen molar-refractivity contribution in [3.05, 3.63) is 77.9 Å². The van der Waals surface area contributed by atoms with Crippen LogP contribution < -0.4 is 0 Å². The molecule has 0 aliphatic heterocycles. The Morgan fingerprint density at radius 1 is 0.769 bits per heavy atom. The van der Waals surface area contributed by atoms with Crippen molar-refractivity contribution in [2.45, 2.75) is 24.2 Å². The van der Waals surface area contributed by atoms with Crippen LogP contribution in [0.5, 0.6) is 5.75 Å². The van der Waals surface area contributed by atoms with Crippen molar-refractivity contribution in [2.24, 2.45) is 0 Å². The molecule has 1 N–H and O–H groups in total. The summed E-state index contributed by atoms with van der Waals surface area (Å²) in [7, 11) is 0. The van der Waals surface area contributed by atoms with E-state index in [0.29, 0.717) is 24.1 Å². The molecule has 1 radical (unpaired) electrons. The molecule has 0 aromatic heterocycles. The molecule has 2 aromatic rings. The smallest absolute Gasteiger partial charge is 0.411 e. The molecule has 2 rings (SSSR count). The SMILES string of the molecule is C=CCc1ccc(C(c2ccc(O)cc2)(C(F)(F)F)C(F)(F)F)cc1.[K]. The van der Waals surface area contributed by atoms with E-state index in [1.807, 2.05) is 0 Å². The van der Waals surface area contributed by atoms with Crippen molar-refractivity contribution in [1.82, 2.24) is 0 Å². The topological polar surface area (TPSA) is 20.2 Å². The number of aromatic hydroxyl groups is 1. The number of hydrogen-bond acceptors (Lipinski definition) is 1. The summed E-state index contributed by atoms with van der Waals surface area (Å²) < 4.78 is 82.8. The summed E-state index contributed by atoms with van der Waals surface area (Å²) in [6.45, 7) is 3.48. The minimum atomic E-state index is -5.64. The third-order valence-electron chi connectivity index (χ3n) is 3.92. The Bertz CT molecular complexity index is 718. The number of phenolic OH excluding ortho intramolecular Hbond substituents is 1. The van der Waals surface area contributed by atoms with Crippen LogP contribution in [0.2, 0.25) is 0 Å². The molecule has 8 heteroatoms. The van der Waals surface area contributed by atoms with Gasteiger partial charge in [0.2, 0.25) is 5.41 Å². The van der Waals surface area contributed by atoms with E-state index in [1.165, 1.54) is 18.2 Å². The third kappa shape index (κ3) is 4.19. The van der Waals surface area contributed by atoms with E-state index < -0.39 is 34.6 Å². The number of allylic oxidation sites excluding steroid dienone is 1. The largest absolute Gasteiger partial charge is 0.508 e. The van der Waals surface area contributed by atoms with Gasteiger partial charge in [0.1, 0.15) is 5.75 Å². The van der Waals surface area contributed by atoms with Crippen LogP contribution in [0.1, 0.15) is 16.7 Å². The monoisotopic (exact) mass is 399 g/mol. The van der Waals surface area contributed by atoms with Crippen molar-refractivity contribution in [3.63, 3.8) is 0 Å². The Labute approximate surface area is 189 Å². The minimum Gasteiger partial charge on any atom is -0.508 e. The number of benzene rings is 2. The summed E-state index contributed by atoms with van der Waals surface area (Å²) in [6, 6.07) is 6.94. The van der Waals surface area contributed by atoms with E-state index in [4.69, 9.17) is 0 Å². The van der Waals surface area contributed by atoms with Gasteiger partial charge in [0.25, 0.3) is 0 Å². The van der Waals surface area contributed by atoms with Gasteiger partial charge < -0.3 is 5.11 Å². The van der Waals surface area contributed by atoms with Gasteiger partial charge in [-0.2, -0.15) is 26.3 Å². The first-order valence-corrected chi connectivity index (χ1v) is 7.17. The fraction of sp³-hybridized carbons (Fsp3) is 0.222. The first kappa shape index (κ1) is 23.2. The van der Waals surface area contributed by atoms with Gasteiger partial charge in [0.15, 0.2) is 0 Å². The third-order valence-corrected chi connectivity index (χ3v) is 3.92. The molecule has 135 valence electrons. The molecule has 0 bridgehead atoms. The molecule has 0 saturated heterocycles. The second-order valence-electron chi connectivity index (χ2n) is 5.48. The van der Waals surface area contributed by atoms with Crippen LogP contribution in [0.25, 0.3) is 0 Å². The van der Waals surface area contributed by atoms with Gasteiger partial charge in [-0.25, -0.2) is 0 Å². The number of hydrogen-bond donors (Lipinski definition) is 1. The van der Waals surface area contributed by atoms with Gasteiger partial charge in [-0.1, -0.05) is 42.5 Å². The van der Waals surface area contributed by atoms with Crippen molar-refractivity contribution < 1.29 is 31.4 Å². The summed E-state index contributed by atoms with van der Waals surface area (Å²) >= 11 is 0. The van der Waals surface area contributed by atoms with Crippen LogP contribution >= 0.6 is 0 Å². The number of phenols is 1. The van der Waals surface area contributed by atoms with Crippen LogP contribution in [0, 0.1) is 0 Å². The van der Waals surface area contributed by atoms with Crippen molar-refractivity contribution in [1.29, 1.82) is 0 Å². The fourth-order valence-electron chi connectivity index (χ4n) is 2.75. The van der Waals surface area contributed by atoms with Crippen molar-refractivity contribution >= 4 is 51.4 Å². The summed E-state index contributed by atoms with van der Waals surface area (Å²) in [5.74, 6) is -0.427. The second kappa shape index (κ2) is 8.47. The summed E-state index contributed by atoms with van der Waals surface area (Å²) in [6.07, 6.45) is -9.45. The van der Waals surface area contributed by atoms with Crippen LogP contribution in [0.4, 0.5) is 26.3 Å². The van der Waals surface area contributed by atoms with Crippen LogP contribution in [0.3, 0.4) is 0 Å². The van der Waals surface area contributed by atoms with Gasteiger partial charge in [0.05, 0.1) is 0 Å². The molecular formula is C18H14F6KO. The number of halogens is 6. The predicted molar refractivity (Wildman–Crippen MR) is 87.1 cm³/mol. The van der Waals surface area contributed by atoms with E-state index in [1.54, 1.807) is 0 Å². The maximum Gasteiger partial charge on any atom is 0.411 e. The molecule has 0 saturated carbocycles. The molecule has 0 heterocycles. The summed E-state index contributed by atoms with van der Waals surface area (Å²) in [5.41, 5.74) is -5.60. The van der Waals surface area contributed by atoms with E-state index in [9.17, 15) is 31.4 Å². The van der Waals surface area contributed by atoms with Gasteiger partial charge in [-0.15, -0.1) is 6.58 Å². The Kier molecular flexibility index (Phi) is 7.57. The molecule has 0 aliphatic rings. The zero-order chi connectivity index (χ0) is 18.9. The molecule has 1 nitrogen and oxygen atoms in total. The molecule has 0 spiro atoms. The maximum absolute atomic E-state index is 13.8. The van der Waals surface area contributed by atoms with Gasteiger partial charge in [-0.05, 0) is 35.2 Å². The summed E-state index contributed by atoms with van der Waals surface area (Å²) in [4.78, 5) is 0. The second-order valence-corrected chi connectivity index (χ2v) is 5.48. The van der Waals surface area contributed by atoms with Crippen LogP contribution in [-0.4, -0.2) is 68.8 Å². The number of rotatable bonds is 4. The average Bonchev–Trinajstić information content (AvgIpc) is 2.49. The maximum atomic E-state index is 13.8. The fourth-order valence-corrected chi connectivity index (χ4v) is 2.75. The summed E-state index contributed by atoms with van der Waals surface area (Å²) in [5, 5.41) is 9.22. The van der Waals surface area contributed by atoms with Gasteiger partial charge in [-0.3, -0.25) is 0 Å². The van der Waals surface area contributed by atoms with Crippen molar-refractivity contribution in [3.8, 4) is 5.75 Å². The van der Waals surface area contributed by atoms with Crippen LogP contribution in [-0.2, 0) is 11.8 Å². The van der Waals surface area contributed by atoms with Crippen LogP contribution in [0.15, 0.2) is 61.2 Å². The van der Waals surface area contributed by atoms with Crippen molar-refractivity contribution in [2.75, 3.05) is 0 Å². The zero-order valence-electron chi connectivity index (χ0n) is 13.8. The van der Waals surface area contributed by atoms with E-state index in [2.05, 4.69) is 6.58 Å². The zero-order valence-corrected chi connectivity index (χ0v) is 16.9. The first-order valence-electron chi connectivity index (χ1n) is 7.17. The standard InChI is InChI=1S/C18H14F6O.K/c1-2-3-12-4-6-13(7-5-12)16(17(19,20)21,18(22,23)24)14-8-10-15(25)11-9-14;/h2,4-11,25H,1,3H2;. The average molecular weight is 399 g/mol. The Hall–Kier alpha value is -0.804. The molecular weight excluding hydrogens is 385 g/mol. The molecule has 26 heavy (non-hydrogen) atoms. The van der Waals surface area contributed by atoms with Gasteiger partial charge >= 0.3 is 12.4 Å². The van der Waals surface area contributed by atoms with E-state index in [0.717, 1.165) is 24.3 Å². The molecule has 2 aromatic carbocycles.